The molecule has 13 rings (SSSR count). The van der Waals surface area contributed by atoms with Crippen molar-refractivity contribution >= 4 is 65.4 Å². The van der Waals surface area contributed by atoms with Crippen molar-refractivity contribution in [2.24, 2.45) is 0 Å². The van der Waals surface area contributed by atoms with Crippen LogP contribution in [0.2, 0.25) is 0 Å². The van der Waals surface area contributed by atoms with Gasteiger partial charge in [-0.2, -0.15) is 0 Å². The molecule has 0 aliphatic rings. The van der Waals surface area contributed by atoms with E-state index >= 15 is 0 Å². The van der Waals surface area contributed by atoms with Crippen LogP contribution in [0.3, 0.4) is 0 Å². The highest BCUT2D eigenvalue weighted by Crippen LogP contribution is 2.44. The van der Waals surface area contributed by atoms with Crippen molar-refractivity contribution in [2.45, 2.75) is 0 Å². The third kappa shape index (κ3) is 5.53. The molecule has 0 aliphatic carbocycles. The molecule has 0 atom stereocenters. The van der Waals surface area contributed by atoms with Gasteiger partial charge in [-0.25, -0.2) is 0 Å². The minimum absolute atomic E-state index is 1.13. The Labute approximate surface area is 364 Å². The molecule has 0 fully saturated rings. The molecule has 294 valence electrons. The minimum Gasteiger partial charge on any atom is -0.309 e. The largest absolute Gasteiger partial charge is 0.309 e. The Morgan fingerprint density at radius 1 is 0.190 bits per heavy atom. The molecule has 0 N–H and O–H groups in total. The van der Waals surface area contributed by atoms with E-state index in [1.807, 2.05) is 0 Å². The highest BCUT2D eigenvalue weighted by molar-refractivity contribution is 6.29. The topological polar surface area (TPSA) is 14.8 Å². The van der Waals surface area contributed by atoms with Gasteiger partial charge in [0.2, 0.25) is 0 Å². The van der Waals surface area contributed by atoms with Gasteiger partial charge in [0.25, 0.3) is 0 Å². The Hall–Kier alpha value is -8.40. The first-order valence-electron chi connectivity index (χ1n) is 21.7. The lowest BCUT2D eigenvalue weighted by Gasteiger charge is -2.13. The lowest BCUT2D eigenvalue weighted by atomic mass is 10.0. The molecule has 0 radical (unpaired) electrons. The summed E-state index contributed by atoms with van der Waals surface area (Å²) in [4.78, 5) is 0. The molecule has 0 bridgehead atoms. The van der Waals surface area contributed by atoms with Crippen LogP contribution in [0.4, 0.5) is 0 Å². The van der Waals surface area contributed by atoms with Crippen molar-refractivity contribution in [3.05, 3.63) is 237 Å². The second-order valence-corrected chi connectivity index (χ2v) is 16.5. The fourth-order valence-electron chi connectivity index (χ4n) is 10.2. The van der Waals surface area contributed by atoms with Gasteiger partial charge < -0.3 is 13.7 Å². The van der Waals surface area contributed by atoms with Crippen LogP contribution in [0, 0.1) is 0 Å². The average Bonchev–Trinajstić information content (AvgIpc) is 4.00. The summed E-state index contributed by atoms with van der Waals surface area (Å²) < 4.78 is 7.34. The highest BCUT2D eigenvalue weighted by atomic mass is 15.0. The summed E-state index contributed by atoms with van der Waals surface area (Å²) in [6.45, 7) is 0. The van der Waals surface area contributed by atoms with Crippen LogP contribution in [0.5, 0.6) is 0 Å². The van der Waals surface area contributed by atoms with E-state index in [9.17, 15) is 0 Å². The summed E-state index contributed by atoms with van der Waals surface area (Å²) in [6, 6.07) is 86.4. The van der Waals surface area contributed by atoms with E-state index in [1.165, 1.54) is 98.8 Å². The van der Waals surface area contributed by atoms with E-state index in [-0.39, 0.29) is 0 Å². The van der Waals surface area contributed by atoms with Gasteiger partial charge in [-0.15, -0.1) is 0 Å². The first kappa shape index (κ1) is 35.4. The molecular formula is C60H39N3. The second kappa shape index (κ2) is 14.1. The number of fused-ring (bicyclic) bond motifs is 10. The van der Waals surface area contributed by atoms with E-state index in [2.05, 4.69) is 250 Å². The Balaban J connectivity index is 1.07. The number of nitrogens with zero attached hydrogens (tertiary/aromatic N) is 3. The van der Waals surface area contributed by atoms with Crippen LogP contribution >= 0.6 is 0 Å². The lowest BCUT2D eigenvalue weighted by Crippen LogP contribution is -1.96. The van der Waals surface area contributed by atoms with Gasteiger partial charge in [0.1, 0.15) is 0 Å². The van der Waals surface area contributed by atoms with Crippen LogP contribution in [-0.2, 0) is 0 Å². The molecule has 0 unspecified atom stereocenters. The summed E-state index contributed by atoms with van der Waals surface area (Å²) in [5.74, 6) is 0. The molecule has 3 heterocycles. The zero-order chi connectivity index (χ0) is 41.4. The maximum atomic E-state index is 2.49. The third-order valence-electron chi connectivity index (χ3n) is 13.0. The summed E-state index contributed by atoms with van der Waals surface area (Å²) in [7, 11) is 0. The molecule has 0 spiro atoms. The second-order valence-electron chi connectivity index (χ2n) is 16.5. The van der Waals surface area contributed by atoms with E-state index in [1.54, 1.807) is 0 Å². The van der Waals surface area contributed by atoms with Crippen molar-refractivity contribution < 1.29 is 0 Å². The molecule has 0 saturated carbocycles. The number of rotatable bonds is 6. The van der Waals surface area contributed by atoms with Crippen LogP contribution in [-0.4, -0.2) is 13.7 Å². The van der Waals surface area contributed by atoms with Crippen LogP contribution in [0.15, 0.2) is 237 Å². The molecule has 10 aromatic carbocycles. The molecule has 0 amide bonds. The van der Waals surface area contributed by atoms with E-state index < -0.39 is 0 Å². The van der Waals surface area contributed by atoms with Gasteiger partial charge in [-0.1, -0.05) is 164 Å². The van der Waals surface area contributed by atoms with E-state index in [0.717, 1.165) is 17.1 Å². The molecule has 0 aliphatic heterocycles. The predicted molar refractivity (Wildman–Crippen MR) is 266 cm³/mol. The smallest absolute Gasteiger partial charge is 0.0548 e. The highest BCUT2D eigenvalue weighted by Gasteiger charge is 2.22. The van der Waals surface area contributed by atoms with Crippen LogP contribution in [0.25, 0.3) is 116 Å². The van der Waals surface area contributed by atoms with Crippen molar-refractivity contribution in [2.75, 3.05) is 0 Å². The summed E-state index contributed by atoms with van der Waals surface area (Å²) in [6.07, 6.45) is 0. The van der Waals surface area contributed by atoms with Crippen molar-refractivity contribution in [1.29, 1.82) is 0 Å². The van der Waals surface area contributed by atoms with Gasteiger partial charge in [0.05, 0.1) is 33.1 Å². The van der Waals surface area contributed by atoms with Gasteiger partial charge >= 0.3 is 0 Å². The molecule has 3 aromatic heterocycles. The van der Waals surface area contributed by atoms with Gasteiger partial charge in [0.15, 0.2) is 0 Å². The summed E-state index contributed by atoms with van der Waals surface area (Å²) in [5.41, 5.74) is 17.7. The number of hydrogen-bond acceptors (Lipinski definition) is 0. The number of para-hydroxylation sites is 3. The minimum atomic E-state index is 1.13. The number of aromatic nitrogens is 3. The van der Waals surface area contributed by atoms with Crippen molar-refractivity contribution in [3.63, 3.8) is 0 Å². The Kier molecular flexibility index (Phi) is 7.91. The molecule has 63 heavy (non-hydrogen) atoms. The maximum Gasteiger partial charge on any atom is 0.0548 e. The number of hydrogen-bond donors (Lipinski definition) is 0. The first-order chi connectivity index (χ1) is 31.3. The van der Waals surface area contributed by atoms with Gasteiger partial charge in [0, 0.05) is 49.4 Å². The van der Waals surface area contributed by atoms with Crippen molar-refractivity contribution in [3.8, 4) is 50.4 Å². The maximum absolute atomic E-state index is 2.49. The third-order valence-corrected chi connectivity index (χ3v) is 13.0. The predicted octanol–water partition coefficient (Wildman–Crippen LogP) is 16.0. The molecule has 13 aromatic rings. The monoisotopic (exact) mass is 801 g/mol. The Morgan fingerprint density at radius 2 is 0.540 bits per heavy atom. The summed E-state index contributed by atoms with van der Waals surface area (Å²) in [5, 5.41) is 7.51. The molecule has 3 nitrogen and oxygen atoms in total. The fraction of sp³-hybridized carbons (Fsp3) is 0. The first-order valence-corrected chi connectivity index (χ1v) is 21.7. The molecular weight excluding hydrogens is 763 g/mol. The van der Waals surface area contributed by atoms with Crippen molar-refractivity contribution in [1.82, 2.24) is 13.7 Å². The lowest BCUT2D eigenvalue weighted by molar-refractivity contribution is 1.17. The zero-order valence-corrected chi connectivity index (χ0v) is 34.4. The Bertz CT molecular complexity index is 3850. The zero-order valence-electron chi connectivity index (χ0n) is 34.4. The van der Waals surface area contributed by atoms with Crippen LogP contribution < -0.4 is 0 Å². The fourth-order valence-corrected chi connectivity index (χ4v) is 10.2. The van der Waals surface area contributed by atoms with Crippen LogP contribution in [0.1, 0.15) is 0 Å². The van der Waals surface area contributed by atoms with E-state index in [0.29, 0.717) is 0 Å². The SMILES string of the molecule is c1ccc(-c2cccc(-n3c4ccccc4c4c5c6ccc(-c7cccc(-n8c9ccccc9c9ccccc98)c7)cc6n(-c6cccc(-c7ccccc7)c6)c5ccc43)c2)cc1. The van der Waals surface area contributed by atoms with E-state index in [4.69, 9.17) is 0 Å². The quantitative estimate of drug-likeness (QED) is 0.159. The Morgan fingerprint density at radius 3 is 1.05 bits per heavy atom. The molecule has 0 saturated heterocycles. The summed E-state index contributed by atoms with van der Waals surface area (Å²) >= 11 is 0. The standard InChI is InChI=1S/C60H39N3/c1-3-16-40(17-4-1)42-20-13-24-47(36-42)62-55-31-12-9-28-51(55)59-56(62)34-35-57-60(59)52-33-32-45(39-58(52)63(57)48-25-14-21-43(37-48)41-18-5-2-6-19-41)44-22-15-23-46(38-44)61-53-29-10-7-26-49(53)50-27-8-11-30-54(50)61/h1-39H. The van der Waals surface area contributed by atoms with Gasteiger partial charge in [-0.3, -0.25) is 0 Å². The average molecular weight is 802 g/mol. The normalized spacial score (nSPS) is 11.8. The number of benzene rings is 10. The van der Waals surface area contributed by atoms with Gasteiger partial charge in [-0.05, 0) is 106 Å². The molecule has 3 heteroatoms.